The fourth-order valence-corrected chi connectivity index (χ4v) is 2.15. The monoisotopic (exact) mass is 358 g/mol. The van der Waals surface area contributed by atoms with Gasteiger partial charge in [-0.15, -0.1) is 0 Å². The topological polar surface area (TPSA) is 102 Å². The summed E-state index contributed by atoms with van der Waals surface area (Å²) in [5.41, 5.74) is 1.68. The third-order valence-corrected chi connectivity index (χ3v) is 3.54. The zero-order valence-electron chi connectivity index (χ0n) is 14.7. The lowest BCUT2D eigenvalue weighted by Gasteiger charge is -2.10. The van der Waals surface area contributed by atoms with E-state index in [0.29, 0.717) is 12.4 Å². The highest BCUT2D eigenvalue weighted by atomic mass is 16.5. The molecule has 1 aromatic heterocycles. The molecule has 2 aromatic rings. The van der Waals surface area contributed by atoms with Crippen LogP contribution in [0.3, 0.4) is 0 Å². The van der Waals surface area contributed by atoms with Crippen molar-refractivity contribution in [3.63, 3.8) is 0 Å². The minimum Gasteiger partial charge on any atom is -0.497 e. The van der Waals surface area contributed by atoms with Gasteiger partial charge in [0.05, 0.1) is 20.8 Å². The smallest absolute Gasteiger partial charge is 0.315 e. The zero-order valence-corrected chi connectivity index (χ0v) is 14.7. The molecule has 0 saturated carbocycles. The van der Waals surface area contributed by atoms with Crippen LogP contribution in [0.2, 0.25) is 0 Å². The van der Waals surface area contributed by atoms with Crippen LogP contribution in [-0.2, 0) is 17.9 Å². The fraction of sp³-hybridized carbons (Fsp3) is 0.278. The third-order valence-electron chi connectivity index (χ3n) is 3.54. The van der Waals surface area contributed by atoms with Crippen molar-refractivity contribution in [1.29, 1.82) is 0 Å². The Morgan fingerprint density at radius 2 is 1.73 bits per heavy atom. The summed E-state index contributed by atoms with van der Waals surface area (Å²) in [4.78, 5) is 27.6. The number of amides is 3. The molecule has 26 heavy (non-hydrogen) atoms. The molecule has 138 valence electrons. The molecule has 0 spiro atoms. The van der Waals surface area contributed by atoms with Crippen LogP contribution in [0.25, 0.3) is 0 Å². The second kappa shape index (κ2) is 9.87. The van der Waals surface area contributed by atoms with Gasteiger partial charge in [-0.3, -0.25) is 4.79 Å². The largest absolute Gasteiger partial charge is 0.497 e. The first-order chi connectivity index (χ1) is 12.6. The lowest BCUT2D eigenvalue weighted by Crippen LogP contribution is -2.41. The standard InChI is InChI=1S/C18H22N4O4/c1-25-15-7-5-13(6-8-15)10-20-16(23)12-22-18(24)21-11-14-4-3-9-19-17(14)26-2/h3-9H,10-12H2,1-2H3,(H,20,23)(H2,21,22,24). The van der Waals surface area contributed by atoms with E-state index in [1.807, 2.05) is 24.3 Å². The molecular formula is C18H22N4O4. The van der Waals surface area contributed by atoms with Gasteiger partial charge in [0.15, 0.2) is 0 Å². The van der Waals surface area contributed by atoms with Gasteiger partial charge in [-0.05, 0) is 23.8 Å². The average molecular weight is 358 g/mol. The fourth-order valence-electron chi connectivity index (χ4n) is 2.15. The number of aromatic nitrogens is 1. The summed E-state index contributed by atoms with van der Waals surface area (Å²) in [5, 5.41) is 7.88. The van der Waals surface area contributed by atoms with Crippen LogP contribution >= 0.6 is 0 Å². The molecular weight excluding hydrogens is 336 g/mol. The molecule has 8 nitrogen and oxygen atoms in total. The average Bonchev–Trinajstić information content (AvgIpc) is 2.69. The van der Waals surface area contributed by atoms with Gasteiger partial charge in [0.2, 0.25) is 11.8 Å². The Morgan fingerprint density at radius 3 is 2.42 bits per heavy atom. The van der Waals surface area contributed by atoms with Crippen molar-refractivity contribution in [2.75, 3.05) is 20.8 Å². The third kappa shape index (κ3) is 5.97. The number of hydrogen-bond acceptors (Lipinski definition) is 5. The van der Waals surface area contributed by atoms with Crippen LogP contribution in [0.1, 0.15) is 11.1 Å². The lowest BCUT2D eigenvalue weighted by atomic mass is 10.2. The van der Waals surface area contributed by atoms with Crippen LogP contribution in [0, 0.1) is 0 Å². The predicted octanol–water partition coefficient (Wildman–Crippen LogP) is 1.21. The van der Waals surface area contributed by atoms with Gasteiger partial charge < -0.3 is 25.4 Å². The van der Waals surface area contributed by atoms with E-state index < -0.39 is 6.03 Å². The van der Waals surface area contributed by atoms with Crippen molar-refractivity contribution in [3.8, 4) is 11.6 Å². The minimum atomic E-state index is -0.449. The minimum absolute atomic E-state index is 0.119. The van der Waals surface area contributed by atoms with E-state index in [4.69, 9.17) is 9.47 Å². The Morgan fingerprint density at radius 1 is 0.962 bits per heavy atom. The van der Waals surface area contributed by atoms with Crippen molar-refractivity contribution in [2.45, 2.75) is 13.1 Å². The molecule has 0 unspecified atom stereocenters. The molecule has 0 atom stereocenters. The van der Waals surface area contributed by atoms with E-state index >= 15 is 0 Å². The number of carbonyl (C=O) groups is 2. The second-order valence-electron chi connectivity index (χ2n) is 5.33. The maximum absolute atomic E-state index is 11.8. The summed E-state index contributed by atoms with van der Waals surface area (Å²) < 4.78 is 10.2. The molecule has 8 heteroatoms. The highest BCUT2D eigenvalue weighted by Gasteiger charge is 2.07. The number of methoxy groups -OCH3 is 2. The maximum atomic E-state index is 11.8. The summed E-state index contributed by atoms with van der Waals surface area (Å²) >= 11 is 0. The quantitative estimate of drug-likeness (QED) is 0.658. The molecule has 0 aliphatic rings. The number of hydrogen-bond donors (Lipinski definition) is 3. The van der Waals surface area contributed by atoms with Gasteiger partial charge in [-0.2, -0.15) is 0 Å². The highest BCUT2D eigenvalue weighted by Crippen LogP contribution is 2.12. The van der Waals surface area contributed by atoms with Gasteiger partial charge in [-0.1, -0.05) is 18.2 Å². The number of ether oxygens (including phenoxy) is 2. The van der Waals surface area contributed by atoms with Crippen LogP contribution in [0.15, 0.2) is 42.6 Å². The molecule has 0 radical (unpaired) electrons. The molecule has 0 aliphatic carbocycles. The zero-order chi connectivity index (χ0) is 18.8. The molecule has 1 aromatic carbocycles. The van der Waals surface area contributed by atoms with Crippen molar-refractivity contribution >= 4 is 11.9 Å². The molecule has 0 fully saturated rings. The van der Waals surface area contributed by atoms with Gasteiger partial charge in [0, 0.05) is 24.8 Å². The number of rotatable bonds is 8. The predicted molar refractivity (Wildman–Crippen MR) is 95.9 cm³/mol. The number of pyridine rings is 1. The van der Waals surface area contributed by atoms with E-state index in [2.05, 4.69) is 20.9 Å². The summed E-state index contributed by atoms with van der Waals surface area (Å²) in [6.07, 6.45) is 1.61. The van der Waals surface area contributed by atoms with E-state index in [1.54, 1.807) is 25.4 Å². The van der Waals surface area contributed by atoms with Crippen LogP contribution in [-0.4, -0.2) is 37.7 Å². The van der Waals surface area contributed by atoms with E-state index in [-0.39, 0.29) is 19.0 Å². The molecule has 0 aliphatic heterocycles. The van der Waals surface area contributed by atoms with E-state index in [0.717, 1.165) is 16.9 Å². The first-order valence-electron chi connectivity index (χ1n) is 8.01. The Hall–Kier alpha value is -3.29. The van der Waals surface area contributed by atoms with Gasteiger partial charge in [0.25, 0.3) is 0 Å². The van der Waals surface area contributed by atoms with E-state index in [9.17, 15) is 9.59 Å². The summed E-state index contributed by atoms with van der Waals surface area (Å²) in [6, 6.07) is 10.5. The molecule has 0 bridgehead atoms. The Bertz CT molecular complexity index is 734. The first-order valence-corrected chi connectivity index (χ1v) is 8.01. The summed E-state index contributed by atoms with van der Waals surface area (Å²) in [5.74, 6) is 0.920. The second-order valence-corrected chi connectivity index (χ2v) is 5.33. The van der Waals surface area contributed by atoms with E-state index in [1.165, 1.54) is 7.11 Å². The lowest BCUT2D eigenvalue weighted by molar-refractivity contribution is -0.120. The Kier molecular flexibility index (Phi) is 7.23. The molecule has 0 saturated heterocycles. The highest BCUT2D eigenvalue weighted by molar-refractivity contribution is 5.83. The van der Waals surface area contributed by atoms with Crippen molar-refractivity contribution in [2.24, 2.45) is 0 Å². The van der Waals surface area contributed by atoms with Crippen molar-refractivity contribution < 1.29 is 19.1 Å². The van der Waals surface area contributed by atoms with Crippen LogP contribution < -0.4 is 25.4 Å². The number of urea groups is 1. The van der Waals surface area contributed by atoms with Crippen molar-refractivity contribution in [1.82, 2.24) is 20.9 Å². The number of nitrogens with one attached hydrogen (secondary N) is 3. The van der Waals surface area contributed by atoms with Crippen LogP contribution in [0.4, 0.5) is 4.79 Å². The Labute approximate surface area is 151 Å². The number of benzene rings is 1. The van der Waals surface area contributed by atoms with Gasteiger partial charge >= 0.3 is 6.03 Å². The van der Waals surface area contributed by atoms with Gasteiger partial charge in [0.1, 0.15) is 5.75 Å². The summed E-state index contributed by atoms with van der Waals surface area (Å²) in [6.45, 7) is 0.501. The van der Waals surface area contributed by atoms with Gasteiger partial charge in [-0.25, -0.2) is 9.78 Å². The molecule has 1 heterocycles. The van der Waals surface area contributed by atoms with Crippen molar-refractivity contribution in [3.05, 3.63) is 53.7 Å². The number of carbonyl (C=O) groups excluding carboxylic acids is 2. The Balaban J connectivity index is 1.68. The molecule has 3 amide bonds. The first kappa shape index (κ1) is 19.0. The molecule has 3 N–H and O–H groups in total. The summed E-state index contributed by atoms with van der Waals surface area (Å²) in [7, 11) is 3.11. The maximum Gasteiger partial charge on any atom is 0.315 e. The number of nitrogens with zero attached hydrogens (tertiary/aromatic N) is 1. The molecule has 2 rings (SSSR count). The SMILES string of the molecule is COc1ccc(CNC(=O)CNC(=O)NCc2cccnc2OC)cc1. The normalized spacial score (nSPS) is 9.92. The van der Waals surface area contributed by atoms with Crippen LogP contribution in [0.5, 0.6) is 11.6 Å².